The molecular weight excluding hydrogens is 300 g/mol. The van der Waals surface area contributed by atoms with Crippen LogP contribution < -0.4 is 14.9 Å². The second kappa shape index (κ2) is 7.94. The average Bonchev–Trinajstić information content (AvgIpc) is 2.37. The molecule has 18 heavy (non-hydrogen) atoms. The Morgan fingerprint density at radius 2 is 2.28 bits per heavy atom. The van der Waals surface area contributed by atoms with Gasteiger partial charge in [0.1, 0.15) is 0 Å². The van der Waals surface area contributed by atoms with Gasteiger partial charge in [-0.2, -0.15) is 5.10 Å². The Balaban J connectivity index is 2.88. The number of halogens is 1. The van der Waals surface area contributed by atoms with Crippen LogP contribution in [-0.2, 0) is 0 Å². The van der Waals surface area contributed by atoms with E-state index in [4.69, 9.17) is 14.6 Å². The minimum atomic E-state index is 0.0492. The van der Waals surface area contributed by atoms with Crippen molar-refractivity contribution in [3.8, 4) is 11.5 Å². The van der Waals surface area contributed by atoms with E-state index in [1.807, 2.05) is 19.1 Å². The van der Waals surface area contributed by atoms with Crippen molar-refractivity contribution >= 4 is 22.1 Å². The first-order valence-electron chi connectivity index (χ1n) is 5.60. The lowest BCUT2D eigenvalue weighted by Gasteiger charge is -2.11. The summed E-state index contributed by atoms with van der Waals surface area (Å²) in [4.78, 5) is 0. The molecule has 0 bridgehead atoms. The van der Waals surface area contributed by atoms with E-state index in [9.17, 15) is 0 Å². The summed E-state index contributed by atoms with van der Waals surface area (Å²) in [6.45, 7) is 2.96. The fourth-order valence-corrected chi connectivity index (χ4v) is 1.91. The lowest BCUT2D eigenvalue weighted by molar-refractivity contribution is 0.294. The molecule has 2 N–H and O–H groups in total. The third kappa shape index (κ3) is 4.19. The fraction of sp³-hybridized carbons (Fsp3) is 0.417. The smallest absolute Gasteiger partial charge is 0.175 e. The molecule has 0 aromatic heterocycles. The maximum atomic E-state index is 8.60. The Morgan fingerprint density at radius 3 is 2.89 bits per heavy atom. The molecule has 1 aromatic rings. The van der Waals surface area contributed by atoms with Crippen molar-refractivity contribution in [2.75, 3.05) is 26.9 Å². The second-order valence-electron chi connectivity index (χ2n) is 3.36. The van der Waals surface area contributed by atoms with Crippen LogP contribution in [0.2, 0.25) is 0 Å². The molecule has 0 saturated heterocycles. The molecule has 1 rings (SSSR count). The fourth-order valence-electron chi connectivity index (χ4n) is 1.33. The van der Waals surface area contributed by atoms with Gasteiger partial charge in [-0.25, -0.2) is 0 Å². The van der Waals surface area contributed by atoms with Crippen molar-refractivity contribution in [3.05, 3.63) is 22.2 Å². The van der Waals surface area contributed by atoms with E-state index in [2.05, 4.69) is 26.5 Å². The van der Waals surface area contributed by atoms with Crippen molar-refractivity contribution in [3.63, 3.8) is 0 Å². The summed E-state index contributed by atoms with van der Waals surface area (Å²) in [5.41, 5.74) is 3.58. The number of hydrazone groups is 1. The van der Waals surface area contributed by atoms with E-state index in [0.29, 0.717) is 24.7 Å². The zero-order chi connectivity index (χ0) is 13.4. The number of nitrogens with one attached hydrogen (secondary N) is 1. The molecule has 5 nitrogen and oxygen atoms in total. The summed E-state index contributed by atoms with van der Waals surface area (Å²) < 4.78 is 11.6. The highest BCUT2D eigenvalue weighted by atomic mass is 79.9. The van der Waals surface area contributed by atoms with E-state index >= 15 is 0 Å². The van der Waals surface area contributed by atoms with Crippen LogP contribution in [0.1, 0.15) is 12.5 Å². The van der Waals surface area contributed by atoms with Crippen molar-refractivity contribution in [2.45, 2.75) is 6.92 Å². The largest absolute Gasteiger partial charge is 0.493 e. The van der Waals surface area contributed by atoms with Crippen LogP contribution >= 0.6 is 15.9 Å². The van der Waals surface area contributed by atoms with E-state index in [1.54, 1.807) is 13.3 Å². The van der Waals surface area contributed by atoms with Crippen LogP contribution in [0.3, 0.4) is 0 Å². The van der Waals surface area contributed by atoms with Gasteiger partial charge in [-0.3, -0.25) is 0 Å². The summed E-state index contributed by atoms with van der Waals surface area (Å²) in [6, 6.07) is 3.72. The summed E-state index contributed by atoms with van der Waals surface area (Å²) in [5.74, 6) is 1.33. The zero-order valence-electron chi connectivity index (χ0n) is 10.4. The first-order chi connectivity index (χ1) is 8.72. The number of rotatable bonds is 7. The molecule has 100 valence electrons. The number of hydrogen-bond acceptors (Lipinski definition) is 5. The maximum Gasteiger partial charge on any atom is 0.175 e. The van der Waals surface area contributed by atoms with Crippen LogP contribution in [0.5, 0.6) is 11.5 Å². The van der Waals surface area contributed by atoms with Gasteiger partial charge >= 0.3 is 0 Å². The summed E-state index contributed by atoms with van der Waals surface area (Å²) in [5, 5.41) is 12.6. The third-order valence-corrected chi connectivity index (χ3v) is 2.66. The van der Waals surface area contributed by atoms with Gasteiger partial charge in [-0.15, -0.1) is 0 Å². The van der Waals surface area contributed by atoms with Crippen molar-refractivity contribution in [1.29, 1.82) is 0 Å². The average molecular weight is 317 g/mol. The van der Waals surface area contributed by atoms with E-state index in [-0.39, 0.29) is 6.61 Å². The number of aliphatic hydroxyl groups excluding tert-OH is 1. The molecule has 0 saturated carbocycles. The quantitative estimate of drug-likeness (QED) is 0.457. The highest BCUT2D eigenvalue weighted by Crippen LogP contribution is 2.36. The first-order valence-corrected chi connectivity index (χ1v) is 6.39. The van der Waals surface area contributed by atoms with Gasteiger partial charge < -0.3 is 20.0 Å². The Labute approximate surface area is 115 Å². The lowest BCUT2D eigenvalue weighted by Crippen LogP contribution is -2.11. The Bertz CT molecular complexity index is 411. The first kappa shape index (κ1) is 14.8. The van der Waals surface area contributed by atoms with Crippen molar-refractivity contribution < 1.29 is 14.6 Å². The van der Waals surface area contributed by atoms with E-state index in [0.717, 1.165) is 10.0 Å². The van der Waals surface area contributed by atoms with Crippen LogP contribution in [0, 0.1) is 0 Å². The predicted octanol–water partition coefficient (Wildman–Crippen LogP) is 1.77. The van der Waals surface area contributed by atoms with E-state index < -0.39 is 0 Å². The zero-order valence-corrected chi connectivity index (χ0v) is 12.0. The Hall–Kier alpha value is -1.27. The van der Waals surface area contributed by atoms with Gasteiger partial charge in [0, 0.05) is 0 Å². The normalized spacial score (nSPS) is 10.7. The van der Waals surface area contributed by atoms with E-state index in [1.165, 1.54) is 0 Å². The summed E-state index contributed by atoms with van der Waals surface area (Å²) >= 11 is 3.44. The van der Waals surface area contributed by atoms with Crippen molar-refractivity contribution in [1.82, 2.24) is 5.43 Å². The second-order valence-corrected chi connectivity index (χ2v) is 4.21. The van der Waals surface area contributed by atoms with Crippen LogP contribution in [0.15, 0.2) is 21.7 Å². The minimum Gasteiger partial charge on any atom is -0.493 e. The van der Waals surface area contributed by atoms with Gasteiger partial charge in [0.2, 0.25) is 0 Å². The molecule has 0 atom stereocenters. The molecule has 0 radical (unpaired) electrons. The van der Waals surface area contributed by atoms with Crippen LogP contribution in [0.4, 0.5) is 0 Å². The molecule has 0 heterocycles. The highest BCUT2D eigenvalue weighted by molar-refractivity contribution is 9.10. The van der Waals surface area contributed by atoms with Gasteiger partial charge in [0.05, 0.1) is 37.6 Å². The SMILES string of the molecule is CCOc1c(Br)cc(C=NNCCO)cc1OC. The Kier molecular flexibility index (Phi) is 6.53. The molecule has 6 heteroatoms. The third-order valence-electron chi connectivity index (χ3n) is 2.07. The molecule has 0 aliphatic heterocycles. The molecule has 0 aliphatic rings. The maximum absolute atomic E-state index is 8.60. The molecule has 1 aromatic carbocycles. The number of nitrogens with zero attached hydrogens (tertiary/aromatic N) is 1. The standard InChI is InChI=1S/C12H17BrN2O3/c1-3-18-12-10(13)6-9(7-11(12)17-2)8-15-14-4-5-16/h6-8,14,16H,3-5H2,1-2H3. The van der Waals surface area contributed by atoms with Crippen LogP contribution in [-0.4, -0.2) is 38.2 Å². The molecular formula is C12H17BrN2O3. The predicted molar refractivity (Wildman–Crippen MR) is 74.5 cm³/mol. The molecule has 0 amide bonds. The minimum absolute atomic E-state index is 0.0492. The summed E-state index contributed by atoms with van der Waals surface area (Å²) in [6.07, 6.45) is 1.65. The van der Waals surface area contributed by atoms with Crippen LogP contribution in [0.25, 0.3) is 0 Å². The number of hydrogen-bond donors (Lipinski definition) is 2. The Morgan fingerprint density at radius 1 is 1.50 bits per heavy atom. The summed E-state index contributed by atoms with van der Waals surface area (Å²) in [7, 11) is 1.59. The topological polar surface area (TPSA) is 63.1 Å². The molecule has 0 aliphatic carbocycles. The van der Waals surface area contributed by atoms with Crippen molar-refractivity contribution in [2.24, 2.45) is 5.10 Å². The number of methoxy groups -OCH3 is 1. The van der Waals surface area contributed by atoms with Gasteiger partial charge in [-0.1, -0.05) is 0 Å². The molecule has 0 fully saturated rings. The number of ether oxygens (including phenoxy) is 2. The highest BCUT2D eigenvalue weighted by Gasteiger charge is 2.10. The van der Waals surface area contributed by atoms with Gasteiger partial charge in [-0.05, 0) is 40.5 Å². The van der Waals surface area contributed by atoms with Gasteiger partial charge in [0.25, 0.3) is 0 Å². The number of aliphatic hydroxyl groups is 1. The molecule has 0 unspecified atom stereocenters. The molecule has 0 spiro atoms. The van der Waals surface area contributed by atoms with Gasteiger partial charge in [0.15, 0.2) is 11.5 Å². The monoisotopic (exact) mass is 316 g/mol. The number of benzene rings is 1. The lowest BCUT2D eigenvalue weighted by atomic mass is 10.2.